The van der Waals surface area contributed by atoms with Crippen molar-refractivity contribution in [3.05, 3.63) is 11.5 Å². The van der Waals surface area contributed by atoms with Gasteiger partial charge in [0.1, 0.15) is 0 Å². The standard InChI is InChI=1S/C3H8N.CH4N.Eu/c1-3(2)4;1-2;/h3-4H,1-2H3;2H,1H3;/q2*-1;+2. The molecule has 0 saturated carbocycles. The summed E-state index contributed by atoms with van der Waals surface area (Å²) in [5.41, 5.74) is 12.3. The van der Waals surface area contributed by atoms with Gasteiger partial charge in [0.05, 0.1) is 0 Å². The first-order valence-corrected chi connectivity index (χ1v) is 1.94. The van der Waals surface area contributed by atoms with Gasteiger partial charge in [-0.15, -0.1) is 6.04 Å². The molecule has 0 heterocycles. The first-order chi connectivity index (χ1) is 2.73. The zero-order valence-electron chi connectivity index (χ0n) is 4.96. The molecule has 0 rings (SSSR count). The van der Waals surface area contributed by atoms with Gasteiger partial charge >= 0.3 is 49.4 Å². The fourth-order valence-electron chi connectivity index (χ4n) is 0. The van der Waals surface area contributed by atoms with Crippen LogP contribution < -0.4 is 0 Å². The van der Waals surface area contributed by atoms with Gasteiger partial charge in [0.15, 0.2) is 0 Å². The van der Waals surface area contributed by atoms with E-state index in [0.29, 0.717) is 0 Å². The summed E-state index contributed by atoms with van der Waals surface area (Å²) >= 11 is 0. The molecule has 0 bridgehead atoms. The topological polar surface area (TPSA) is 47.6 Å². The van der Waals surface area contributed by atoms with Gasteiger partial charge in [-0.1, -0.05) is 13.8 Å². The zero-order chi connectivity index (χ0) is 5.58. The number of hydrogen-bond donors (Lipinski definition) is 0. The summed E-state index contributed by atoms with van der Waals surface area (Å²) in [6.45, 7) is 3.67. The molecule has 0 amide bonds. The third-order valence-electron chi connectivity index (χ3n) is 0. The van der Waals surface area contributed by atoms with E-state index in [1.165, 1.54) is 7.05 Å². The van der Waals surface area contributed by atoms with E-state index in [4.69, 9.17) is 11.5 Å². The summed E-state index contributed by atoms with van der Waals surface area (Å²) in [4.78, 5) is 0. The van der Waals surface area contributed by atoms with E-state index in [1.54, 1.807) is 0 Å². The Morgan fingerprint density at radius 3 is 1.14 bits per heavy atom. The summed E-state index contributed by atoms with van der Waals surface area (Å²) < 4.78 is 0. The van der Waals surface area contributed by atoms with Gasteiger partial charge in [-0.25, -0.2) is 0 Å². The van der Waals surface area contributed by atoms with E-state index in [9.17, 15) is 0 Å². The Morgan fingerprint density at radius 1 is 1.14 bits per heavy atom. The molecular weight excluding hydrogens is 228 g/mol. The summed E-state index contributed by atoms with van der Waals surface area (Å²) in [5, 5.41) is 0. The van der Waals surface area contributed by atoms with Crippen LogP contribution in [0, 0.1) is 49.4 Å². The second-order valence-electron chi connectivity index (χ2n) is 1.15. The molecule has 3 heteroatoms. The van der Waals surface area contributed by atoms with E-state index in [-0.39, 0.29) is 55.4 Å². The molecule has 0 aromatic heterocycles. The predicted octanol–water partition coefficient (Wildman–Crippen LogP) is 2.12. The van der Waals surface area contributed by atoms with Crippen molar-refractivity contribution in [2.75, 3.05) is 7.05 Å². The Balaban J connectivity index is -0.0000000480. The molecule has 1 radical (unpaired) electrons. The predicted molar refractivity (Wildman–Crippen MR) is 29.7 cm³/mol. The zero-order valence-corrected chi connectivity index (χ0v) is 7.38. The average Bonchev–Trinajstić information content (AvgIpc) is 1.41. The molecule has 0 fully saturated rings. The van der Waals surface area contributed by atoms with Crippen LogP contribution in [0.3, 0.4) is 0 Å². The van der Waals surface area contributed by atoms with Gasteiger partial charge < -0.3 is 11.5 Å². The molecule has 2 N–H and O–H groups in total. The fraction of sp³-hybridized carbons (Fsp3) is 1.00. The second kappa shape index (κ2) is 15.6. The molecule has 0 unspecified atom stereocenters. The summed E-state index contributed by atoms with van der Waals surface area (Å²) in [6.07, 6.45) is 0. The average molecular weight is 240 g/mol. The van der Waals surface area contributed by atoms with Crippen molar-refractivity contribution >= 4 is 0 Å². The smallest absolute Gasteiger partial charge is 0.680 e. The number of rotatable bonds is 0. The second-order valence-corrected chi connectivity index (χ2v) is 1.15. The summed E-state index contributed by atoms with van der Waals surface area (Å²) in [5.74, 6) is 0. The molecule has 45 valence electrons. The van der Waals surface area contributed by atoms with E-state index in [0.717, 1.165) is 0 Å². The Hall–Kier alpha value is 1.50. The largest absolute Gasteiger partial charge is 2.00 e. The van der Waals surface area contributed by atoms with Crippen molar-refractivity contribution < 1.29 is 49.4 Å². The first-order valence-electron chi connectivity index (χ1n) is 1.94. The SMILES string of the molecule is CC(C)[NH-].C[NH-].[Eu+2]. The molecule has 0 aromatic carbocycles. The van der Waals surface area contributed by atoms with Crippen molar-refractivity contribution in [1.82, 2.24) is 0 Å². The first kappa shape index (κ1) is 15.8. The molecule has 0 atom stereocenters. The third kappa shape index (κ3) is 100. The van der Waals surface area contributed by atoms with Crippen molar-refractivity contribution in [2.24, 2.45) is 0 Å². The van der Waals surface area contributed by atoms with Crippen LogP contribution in [-0.4, -0.2) is 13.1 Å². The van der Waals surface area contributed by atoms with Gasteiger partial charge in [0, 0.05) is 0 Å². The van der Waals surface area contributed by atoms with Crippen molar-refractivity contribution in [3.63, 3.8) is 0 Å². The summed E-state index contributed by atoms with van der Waals surface area (Å²) in [6, 6.07) is 0.0833. The maximum atomic E-state index is 6.58. The van der Waals surface area contributed by atoms with Crippen LogP contribution in [0.1, 0.15) is 13.8 Å². The van der Waals surface area contributed by atoms with Gasteiger partial charge in [-0.2, -0.15) is 7.05 Å². The Labute approximate surface area is 86.6 Å². The molecule has 2 nitrogen and oxygen atoms in total. The quantitative estimate of drug-likeness (QED) is 0.622. The van der Waals surface area contributed by atoms with E-state index < -0.39 is 0 Å². The van der Waals surface area contributed by atoms with Crippen molar-refractivity contribution in [3.8, 4) is 0 Å². The Morgan fingerprint density at radius 2 is 1.14 bits per heavy atom. The van der Waals surface area contributed by atoms with E-state index in [2.05, 4.69) is 0 Å². The van der Waals surface area contributed by atoms with Gasteiger partial charge in [-0.05, 0) is 0 Å². The van der Waals surface area contributed by atoms with Crippen molar-refractivity contribution in [1.29, 1.82) is 0 Å². The normalized spacial score (nSPS) is 6.00. The Kier molecular flexibility index (Phi) is 35.3. The van der Waals surface area contributed by atoms with Gasteiger partial charge in [0.2, 0.25) is 0 Å². The number of hydrogen-bond acceptors (Lipinski definition) is 0. The molecule has 0 saturated heterocycles. The van der Waals surface area contributed by atoms with Crippen LogP contribution in [0.4, 0.5) is 0 Å². The molecule has 0 aliphatic rings. The monoisotopic (exact) mass is 241 g/mol. The van der Waals surface area contributed by atoms with Gasteiger partial charge in [0.25, 0.3) is 0 Å². The van der Waals surface area contributed by atoms with Crippen LogP contribution in [0.2, 0.25) is 0 Å². The Bertz CT molecular complexity index is 14.4. The minimum absolute atomic E-state index is 0. The van der Waals surface area contributed by atoms with Crippen LogP contribution in [-0.2, 0) is 0 Å². The van der Waals surface area contributed by atoms with Crippen molar-refractivity contribution in [2.45, 2.75) is 19.9 Å². The third-order valence-corrected chi connectivity index (χ3v) is 0. The molecular formula is C4H12EuN2. The minimum atomic E-state index is 0. The molecule has 0 aliphatic heterocycles. The number of nitrogens with one attached hydrogen (secondary N) is 2. The maximum Gasteiger partial charge on any atom is 2.00 e. The molecule has 0 aliphatic carbocycles. The maximum absolute atomic E-state index is 6.58. The van der Waals surface area contributed by atoms with Crippen LogP contribution in [0.5, 0.6) is 0 Å². The van der Waals surface area contributed by atoms with E-state index in [1.807, 2.05) is 13.8 Å². The van der Waals surface area contributed by atoms with Crippen LogP contribution in [0.25, 0.3) is 11.5 Å². The summed E-state index contributed by atoms with van der Waals surface area (Å²) in [7, 11) is 1.25. The fourth-order valence-corrected chi connectivity index (χ4v) is 0. The van der Waals surface area contributed by atoms with Gasteiger partial charge in [-0.3, -0.25) is 0 Å². The van der Waals surface area contributed by atoms with Crippen LogP contribution >= 0.6 is 0 Å². The molecule has 7 heavy (non-hydrogen) atoms. The molecule has 0 spiro atoms. The van der Waals surface area contributed by atoms with E-state index >= 15 is 0 Å². The van der Waals surface area contributed by atoms with Crippen LogP contribution in [0.15, 0.2) is 0 Å². The minimum Gasteiger partial charge on any atom is -0.680 e. The molecule has 0 aromatic rings.